The van der Waals surface area contributed by atoms with Crippen LogP contribution in [-0.2, 0) is 17.8 Å². The third-order valence-electron chi connectivity index (χ3n) is 4.88. The molecule has 0 radical (unpaired) electrons. The van der Waals surface area contributed by atoms with Crippen molar-refractivity contribution in [3.8, 4) is 17.6 Å². The Morgan fingerprint density at radius 2 is 1.76 bits per heavy atom. The largest absolute Gasteiger partial charge is 0.493 e. The second kappa shape index (κ2) is 11.6. The zero-order valence-corrected chi connectivity index (χ0v) is 20.5. The normalized spacial score (nSPS) is 10.9. The Hall–Kier alpha value is -3.27. The molecular formula is C26H22BrClN2O3. The number of benzene rings is 3. The fourth-order valence-corrected chi connectivity index (χ4v) is 3.56. The van der Waals surface area contributed by atoms with Crippen LogP contribution in [0.2, 0.25) is 5.02 Å². The quantitative estimate of drug-likeness (QED) is 0.259. The van der Waals surface area contributed by atoms with Gasteiger partial charge in [-0.1, -0.05) is 58.7 Å². The Kier molecular flexibility index (Phi) is 8.53. The lowest BCUT2D eigenvalue weighted by Crippen LogP contribution is -2.13. The van der Waals surface area contributed by atoms with E-state index in [0.717, 1.165) is 12.0 Å². The van der Waals surface area contributed by atoms with Gasteiger partial charge in [-0.2, -0.15) is 5.26 Å². The van der Waals surface area contributed by atoms with E-state index in [1.807, 2.05) is 42.5 Å². The first-order valence-electron chi connectivity index (χ1n) is 10.2. The summed E-state index contributed by atoms with van der Waals surface area (Å²) in [6.07, 6.45) is 2.41. The number of rotatable bonds is 8. The molecule has 3 aromatic rings. The Bertz CT molecular complexity index is 1200. The molecule has 0 saturated heterocycles. The predicted molar refractivity (Wildman–Crippen MR) is 135 cm³/mol. The van der Waals surface area contributed by atoms with Gasteiger partial charge in [0.05, 0.1) is 7.11 Å². The minimum Gasteiger partial charge on any atom is -0.493 e. The highest BCUT2D eigenvalue weighted by Gasteiger charge is 2.14. The number of carbonyl (C=O) groups excluding carboxylic acids is 1. The molecule has 33 heavy (non-hydrogen) atoms. The van der Waals surface area contributed by atoms with Crippen LogP contribution in [-0.4, -0.2) is 13.0 Å². The number of hydrogen-bond acceptors (Lipinski definition) is 4. The fourth-order valence-electron chi connectivity index (χ4n) is 3.00. The van der Waals surface area contributed by atoms with Crippen LogP contribution in [0, 0.1) is 11.3 Å². The molecule has 0 fully saturated rings. The lowest BCUT2D eigenvalue weighted by molar-refractivity contribution is -0.112. The topological polar surface area (TPSA) is 71.4 Å². The van der Waals surface area contributed by atoms with Gasteiger partial charge in [-0.25, -0.2) is 0 Å². The molecule has 0 aliphatic heterocycles. The van der Waals surface area contributed by atoms with Crippen LogP contribution in [0.4, 0.5) is 5.69 Å². The molecular weight excluding hydrogens is 504 g/mol. The van der Waals surface area contributed by atoms with Crippen molar-refractivity contribution in [3.05, 3.63) is 92.4 Å². The average molecular weight is 526 g/mol. The second-order valence-corrected chi connectivity index (χ2v) is 8.40. The van der Waals surface area contributed by atoms with E-state index in [4.69, 9.17) is 21.1 Å². The summed E-state index contributed by atoms with van der Waals surface area (Å²) in [4.78, 5) is 12.6. The third kappa shape index (κ3) is 6.61. The molecule has 3 aromatic carbocycles. The molecule has 168 valence electrons. The fraction of sp³-hybridized carbons (Fsp3) is 0.154. The SMILES string of the molecule is CCc1ccc(NC(=O)/C(C#N)=C/c2cc(OC)c(OCc3ccc(Cl)cc3)cc2Br)cc1. The zero-order valence-electron chi connectivity index (χ0n) is 18.2. The summed E-state index contributed by atoms with van der Waals surface area (Å²) in [5, 5.41) is 13.0. The van der Waals surface area contributed by atoms with E-state index in [-0.39, 0.29) is 5.57 Å². The smallest absolute Gasteiger partial charge is 0.266 e. The molecule has 0 aliphatic rings. The van der Waals surface area contributed by atoms with Crippen molar-refractivity contribution in [2.24, 2.45) is 0 Å². The first-order chi connectivity index (χ1) is 15.9. The van der Waals surface area contributed by atoms with Crippen molar-refractivity contribution in [1.29, 1.82) is 5.26 Å². The van der Waals surface area contributed by atoms with Crippen molar-refractivity contribution < 1.29 is 14.3 Å². The maximum absolute atomic E-state index is 12.6. The minimum absolute atomic E-state index is 0.0350. The molecule has 1 amide bonds. The van der Waals surface area contributed by atoms with E-state index in [0.29, 0.717) is 38.9 Å². The van der Waals surface area contributed by atoms with Gasteiger partial charge in [0.1, 0.15) is 18.2 Å². The first-order valence-corrected chi connectivity index (χ1v) is 11.4. The van der Waals surface area contributed by atoms with Crippen molar-refractivity contribution >= 4 is 45.2 Å². The van der Waals surface area contributed by atoms with Crippen LogP contribution >= 0.6 is 27.5 Å². The summed E-state index contributed by atoms with van der Waals surface area (Å²) in [6, 6.07) is 20.3. The number of ether oxygens (including phenoxy) is 2. The number of methoxy groups -OCH3 is 1. The standard InChI is InChI=1S/C26H22BrClN2O3/c1-3-17-6-10-22(11-7-17)30-26(31)20(15-29)12-19-13-24(32-2)25(14-23(19)27)33-16-18-4-8-21(28)9-5-18/h4-14H,3,16H2,1-2H3,(H,30,31)/b20-12+. The monoisotopic (exact) mass is 524 g/mol. The van der Waals surface area contributed by atoms with E-state index in [2.05, 4.69) is 28.2 Å². The number of halogens is 2. The molecule has 0 unspecified atom stereocenters. The van der Waals surface area contributed by atoms with E-state index in [1.165, 1.54) is 18.7 Å². The average Bonchev–Trinajstić information content (AvgIpc) is 2.83. The number of nitriles is 1. The number of aryl methyl sites for hydroxylation is 1. The van der Waals surface area contributed by atoms with Gasteiger partial charge in [0.2, 0.25) is 0 Å². The maximum Gasteiger partial charge on any atom is 0.266 e. The van der Waals surface area contributed by atoms with Gasteiger partial charge in [0.15, 0.2) is 11.5 Å². The summed E-state index contributed by atoms with van der Waals surface area (Å²) in [5.41, 5.74) is 3.32. The van der Waals surface area contributed by atoms with Crippen LogP contribution in [0.3, 0.4) is 0 Å². The second-order valence-electron chi connectivity index (χ2n) is 7.11. The minimum atomic E-state index is -0.490. The number of nitrogens with one attached hydrogen (secondary N) is 1. The Morgan fingerprint density at radius 1 is 1.09 bits per heavy atom. The molecule has 0 saturated carbocycles. The summed E-state index contributed by atoms with van der Waals surface area (Å²) in [5.74, 6) is 0.511. The van der Waals surface area contributed by atoms with Crippen LogP contribution in [0.1, 0.15) is 23.6 Å². The number of amides is 1. The van der Waals surface area contributed by atoms with Crippen molar-refractivity contribution in [1.82, 2.24) is 0 Å². The number of anilines is 1. The van der Waals surface area contributed by atoms with Gasteiger partial charge >= 0.3 is 0 Å². The molecule has 0 aliphatic carbocycles. The van der Waals surface area contributed by atoms with E-state index in [9.17, 15) is 10.1 Å². The van der Waals surface area contributed by atoms with Crippen molar-refractivity contribution in [3.63, 3.8) is 0 Å². The van der Waals surface area contributed by atoms with Gasteiger partial charge in [-0.3, -0.25) is 4.79 Å². The number of nitrogens with zero attached hydrogens (tertiary/aromatic N) is 1. The summed E-state index contributed by atoms with van der Waals surface area (Å²) in [7, 11) is 1.53. The van der Waals surface area contributed by atoms with Gasteiger partial charge in [0.25, 0.3) is 5.91 Å². The van der Waals surface area contributed by atoms with Crippen LogP contribution in [0.15, 0.2) is 70.7 Å². The molecule has 5 nitrogen and oxygen atoms in total. The van der Waals surface area contributed by atoms with Crippen molar-refractivity contribution in [2.75, 3.05) is 12.4 Å². The molecule has 0 bridgehead atoms. The van der Waals surface area contributed by atoms with Crippen LogP contribution in [0.25, 0.3) is 6.08 Å². The molecule has 0 spiro atoms. The summed E-state index contributed by atoms with van der Waals surface area (Å²) >= 11 is 9.42. The molecule has 0 aromatic heterocycles. The molecule has 7 heteroatoms. The van der Waals surface area contributed by atoms with Crippen LogP contribution in [0.5, 0.6) is 11.5 Å². The van der Waals surface area contributed by atoms with E-state index >= 15 is 0 Å². The summed E-state index contributed by atoms with van der Waals surface area (Å²) < 4.78 is 12.0. The van der Waals surface area contributed by atoms with E-state index < -0.39 is 5.91 Å². The van der Waals surface area contributed by atoms with E-state index in [1.54, 1.807) is 24.3 Å². The maximum atomic E-state index is 12.6. The van der Waals surface area contributed by atoms with Gasteiger partial charge in [-0.15, -0.1) is 0 Å². The molecule has 0 heterocycles. The first kappa shape index (κ1) is 24.4. The zero-order chi connectivity index (χ0) is 23.8. The third-order valence-corrected chi connectivity index (χ3v) is 5.81. The highest BCUT2D eigenvalue weighted by atomic mass is 79.9. The van der Waals surface area contributed by atoms with Crippen LogP contribution < -0.4 is 14.8 Å². The molecule has 1 N–H and O–H groups in total. The summed E-state index contributed by atoms with van der Waals surface area (Å²) in [6.45, 7) is 2.39. The highest BCUT2D eigenvalue weighted by molar-refractivity contribution is 9.10. The van der Waals surface area contributed by atoms with Gasteiger partial charge < -0.3 is 14.8 Å². The number of hydrogen-bond donors (Lipinski definition) is 1. The lowest BCUT2D eigenvalue weighted by atomic mass is 10.1. The van der Waals surface area contributed by atoms with Gasteiger partial charge in [0, 0.05) is 15.2 Å². The molecule has 0 atom stereocenters. The Morgan fingerprint density at radius 3 is 2.36 bits per heavy atom. The molecule has 3 rings (SSSR count). The van der Waals surface area contributed by atoms with Crippen molar-refractivity contribution in [2.45, 2.75) is 20.0 Å². The Balaban J connectivity index is 1.79. The predicted octanol–water partition coefficient (Wildman–Crippen LogP) is 6.80. The lowest BCUT2D eigenvalue weighted by Gasteiger charge is -2.13. The van der Waals surface area contributed by atoms with Gasteiger partial charge in [-0.05, 0) is 65.6 Å². The Labute approximate surface area is 206 Å². The highest BCUT2D eigenvalue weighted by Crippen LogP contribution is 2.35. The number of carbonyl (C=O) groups is 1.